The van der Waals surface area contributed by atoms with Crippen molar-refractivity contribution >= 4 is 13.8 Å². The van der Waals surface area contributed by atoms with Crippen LogP contribution in [-0.2, 0) is 27.9 Å². The molecule has 3 N–H and O–H groups in total. The topological polar surface area (TPSA) is 117 Å². The summed E-state index contributed by atoms with van der Waals surface area (Å²) < 4.78 is 33.5. The molecule has 0 aliphatic rings. The van der Waals surface area contributed by atoms with Gasteiger partial charge >= 0.3 is 13.8 Å². The van der Waals surface area contributed by atoms with E-state index in [0.29, 0.717) is 13.0 Å². The van der Waals surface area contributed by atoms with Gasteiger partial charge in [0.2, 0.25) is 0 Å². The van der Waals surface area contributed by atoms with E-state index in [1.54, 1.807) is 0 Å². The van der Waals surface area contributed by atoms with Crippen LogP contribution in [-0.4, -0.2) is 49.9 Å². The summed E-state index contributed by atoms with van der Waals surface area (Å²) >= 11 is 0. The van der Waals surface area contributed by atoms with Crippen LogP contribution < -0.4 is 5.73 Å². The van der Waals surface area contributed by atoms with E-state index in [1.165, 1.54) is 199 Å². The maximum atomic E-state index is 12.6. The third-order valence-electron chi connectivity index (χ3n) is 10.9. The van der Waals surface area contributed by atoms with Gasteiger partial charge in [0.1, 0.15) is 6.10 Å². The van der Waals surface area contributed by atoms with Crippen LogP contribution in [0.5, 0.6) is 0 Å². The van der Waals surface area contributed by atoms with Gasteiger partial charge in [-0.25, -0.2) is 4.57 Å². The van der Waals surface area contributed by atoms with Crippen molar-refractivity contribution in [2.75, 3.05) is 33.0 Å². The molecule has 2 unspecified atom stereocenters. The van der Waals surface area contributed by atoms with Crippen molar-refractivity contribution in [3.05, 3.63) is 12.2 Å². The van der Waals surface area contributed by atoms with E-state index < -0.39 is 13.9 Å². The molecule has 0 radical (unpaired) electrons. The minimum Gasteiger partial charge on any atom is -0.457 e. The molecule has 9 heteroatoms. The zero-order valence-corrected chi connectivity index (χ0v) is 38.7. The molecule has 0 aliphatic heterocycles. The molecule has 0 saturated carbocycles. The number of rotatable bonds is 48. The van der Waals surface area contributed by atoms with Gasteiger partial charge in [0.25, 0.3) is 0 Å². The Morgan fingerprint density at radius 3 is 1.30 bits per heavy atom. The quantitative estimate of drug-likeness (QED) is 0.0269. The van der Waals surface area contributed by atoms with E-state index in [4.69, 9.17) is 24.3 Å². The van der Waals surface area contributed by atoms with Gasteiger partial charge in [0, 0.05) is 19.6 Å². The number of nitrogens with two attached hydrogens (primary N) is 1. The molecule has 0 heterocycles. The Morgan fingerprint density at radius 2 is 0.877 bits per heavy atom. The molecule has 0 amide bonds. The van der Waals surface area contributed by atoms with Gasteiger partial charge in [-0.2, -0.15) is 0 Å². The molecule has 0 saturated heterocycles. The highest BCUT2D eigenvalue weighted by molar-refractivity contribution is 7.47. The van der Waals surface area contributed by atoms with Crippen LogP contribution >= 0.6 is 7.82 Å². The first-order valence-electron chi connectivity index (χ1n) is 24.7. The van der Waals surface area contributed by atoms with Crippen LogP contribution in [0.4, 0.5) is 0 Å². The van der Waals surface area contributed by atoms with E-state index in [1.807, 2.05) is 0 Å². The Hall–Kier alpha value is -0.760. The molecule has 0 aromatic rings. The zero-order valence-electron chi connectivity index (χ0n) is 37.9. The fourth-order valence-corrected chi connectivity index (χ4v) is 8.05. The average Bonchev–Trinajstić information content (AvgIpc) is 3.20. The summed E-state index contributed by atoms with van der Waals surface area (Å²) in [4.78, 5) is 22.5. The minimum atomic E-state index is -4.27. The summed E-state index contributed by atoms with van der Waals surface area (Å²) in [5.41, 5.74) is 5.38. The lowest BCUT2D eigenvalue weighted by Gasteiger charge is -2.20. The first kappa shape index (κ1) is 56.2. The molecular weight excluding hydrogens is 734 g/mol. The molecule has 0 spiro atoms. The molecule has 8 nitrogen and oxygen atoms in total. The van der Waals surface area contributed by atoms with Crippen molar-refractivity contribution < 1.29 is 32.8 Å². The summed E-state index contributed by atoms with van der Waals surface area (Å²) in [5, 5.41) is 0. The second-order valence-electron chi connectivity index (χ2n) is 16.7. The summed E-state index contributed by atoms with van der Waals surface area (Å²) in [5.74, 6) is -0.326. The fourth-order valence-electron chi connectivity index (χ4n) is 7.29. The van der Waals surface area contributed by atoms with Crippen LogP contribution in [0.1, 0.15) is 251 Å². The molecule has 2 atom stereocenters. The third kappa shape index (κ3) is 46.2. The van der Waals surface area contributed by atoms with Gasteiger partial charge in [-0.15, -0.1) is 0 Å². The van der Waals surface area contributed by atoms with Gasteiger partial charge in [0.05, 0.1) is 19.8 Å². The normalized spacial score (nSPS) is 13.4. The van der Waals surface area contributed by atoms with Crippen molar-refractivity contribution in [3.8, 4) is 0 Å². The maximum absolute atomic E-state index is 12.6. The molecule has 0 aromatic heterocycles. The number of hydrogen-bond donors (Lipinski definition) is 2. The van der Waals surface area contributed by atoms with Crippen LogP contribution in [0.25, 0.3) is 0 Å². The fraction of sp³-hybridized carbons (Fsp3) is 0.938. The lowest BCUT2D eigenvalue weighted by atomic mass is 10.0. The predicted molar refractivity (Wildman–Crippen MR) is 243 cm³/mol. The first-order chi connectivity index (χ1) is 27.9. The predicted octanol–water partition coefficient (Wildman–Crippen LogP) is 15.0. The smallest absolute Gasteiger partial charge is 0.457 e. The van der Waals surface area contributed by atoms with E-state index in [0.717, 1.165) is 32.1 Å². The standard InChI is InChI=1S/C48H96NO7P/c1-3-5-7-9-11-13-15-17-19-20-21-22-23-24-25-26-27-28-29-31-33-35-37-39-41-48(50)56-47(46-55-57(51,52)54-44-42-49)45-53-43-40-38-36-34-32-30-18-16-14-12-10-8-6-4-2/h14,16,47H,3-13,15,17-46,49H2,1-2H3,(H,51,52)/b16-14-. The van der Waals surface area contributed by atoms with E-state index in [9.17, 15) is 14.3 Å². The van der Waals surface area contributed by atoms with Gasteiger partial charge in [-0.05, 0) is 38.5 Å². The van der Waals surface area contributed by atoms with Crippen LogP contribution in [0.15, 0.2) is 12.2 Å². The Morgan fingerprint density at radius 1 is 0.509 bits per heavy atom. The van der Waals surface area contributed by atoms with Crippen molar-refractivity contribution in [2.45, 2.75) is 258 Å². The van der Waals surface area contributed by atoms with E-state index in [2.05, 4.69) is 26.0 Å². The Balaban J connectivity index is 3.87. The zero-order chi connectivity index (χ0) is 41.6. The molecule has 0 aliphatic carbocycles. The third-order valence-corrected chi connectivity index (χ3v) is 11.9. The second-order valence-corrected chi connectivity index (χ2v) is 18.1. The van der Waals surface area contributed by atoms with Crippen molar-refractivity contribution in [1.29, 1.82) is 0 Å². The minimum absolute atomic E-state index is 0.0931. The van der Waals surface area contributed by atoms with Crippen molar-refractivity contribution in [2.24, 2.45) is 5.73 Å². The number of carbonyl (C=O) groups excluding carboxylic acids is 1. The Labute approximate surface area is 354 Å². The lowest BCUT2D eigenvalue weighted by molar-refractivity contribution is -0.154. The highest BCUT2D eigenvalue weighted by Crippen LogP contribution is 2.43. The monoisotopic (exact) mass is 830 g/mol. The number of ether oxygens (including phenoxy) is 2. The summed E-state index contributed by atoms with van der Waals surface area (Å²) in [6.07, 6.45) is 51.0. The number of allylic oxidation sites excluding steroid dienone is 2. The molecule has 340 valence electrons. The highest BCUT2D eigenvalue weighted by Gasteiger charge is 2.25. The molecule has 0 fully saturated rings. The molecular formula is C48H96NO7P. The first-order valence-corrected chi connectivity index (χ1v) is 26.2. The van der Waals surface area contributed by atoms with Crippen LogP contribution in [0.3, 0.4) is 0 Å². The Kier molecular flexibility index (Phi) is 45.7. The number of carbonyl (C=O) groups is 1. The molecule has 0 aromatic carbocycles. The van der Waals surface area contributed by atoms with Crippen LogP contribution in [0, 0.1) is 0 Å². The molecule has 0 bridgehead atoms. The van der Waals surface area contributed by atoms with Gasteiger partial charge in [-0.3, -0.25) is 13.8 Å². The van der Waals surface area contributed by atoms with Crippen molar-refractivity contribution in [3.63, 3.8) is 0 Å². The van der Waals surface area contributed by atoms with Crippen molar-refractivity contribution in [1.82, 2.24) is 0 Å². The largest absolute Gasteiger partial charge is 0.472 e. The number of unbranched alkanes of at least 4 members (excludes halogenated alkanes) is 33. The maximum Gasteiger partial charge on any atom is 0.472 e. The van der Waals surface area contributed by atoms with E-state index >= 15 is 0 Å². The lowest BCUT2D eigenvalue weighted by Crippen LogP contribution is -2.28. The summed E-state index contributed by atoms with van der Waals surface area (Å²) in [6.45, 7) is 4.95. The summed E-state index contributed by atoms with van der Waals surface area (Å²) in [7, 11) is -4.27. The number of phosphoric ester groups is 1. The summed E-state index contributed by atoms with van der Waals surface area (Å²) in [6, 6.07) is 0. The van der Waals surface area contributed by atoms with Gasteiger partial charge < -0.3 is 20.1 Å². The van der Waals surface area contributed by atoms with Gasteiger partial charge in [-0.1, -0.05) is 219 Å². The SMILES string of the molecule is CCCCCC/C=C\CCCCCCCCOCC(COP(=O)(O)OCCN)OC(=O)CCCCCCCCCCCCCCCCCCCCCCCCCC. The number of phosphoric acid groups is 1. The van der Waals surface area contributed by atoms with Crippen LogP contribution in [0.2, 0.25) is 0 Å². The average molecular weight is 830 g/mol. The number of esters is 1. The number of hydrogen-bond acceptors (Lipinski definition) is 7. The van der Waals surface area contributed by atoms with E-state index in [-0.39, 0.29) is 32.3 Å². The molecule has 0 rings (SSSR count). The second kappa shape index (κ2) is 46.3. The van der Waals surface area contributed by atoms with Gasteiger partial charge in [0.15, 0.2) is 0 Å². The highest BCUT2D eigenvalue weighted by atomic mass is 31.2. The Bertz CT molecular complexity index is 889. The molecule has 57 heavy (non-hydrogen) atoms.